The first-order valence-corrected chi connectivity index (χ1v) is 5.94. The Labute approximate surface area is 113 Å². The number of carbonyl (C=O) groups is 1. The second kappa shape index (κ2) is 3.86. The number of hydrogen-bond acceptors (Lipinski definition) is 3. The summed E-state index contributed by atoms with van der Waals surface area (Å²) in [6.07, 6.45) is 0. The van der Waals surface area contributed by atoms with Crippen LogP contribution in [0.5, 0.6) is 0 Å². The molecule has 19 heavy (non-hydrogen) atoms. The maximum Gasteiger partial charge on any atom is 0.356 e. The van der Waals surface area contributed by atoms with Crippen molar-refractivity contribution >= 4 is 45.2 Å². The molecule has 0 bridgehead atoms. The van der Waals surface area contributed by atoms with Gasteiger partial charge in [-0.3, -0.25) is 0 Å². The van der Waals surface area contributed by atoms with Crippen molar-refractivity contribution in [2.45, 2.75) is 0 Å². The third kappa shape index (κ3) is 1.62. The second-order valence-electron chi connectivity index (χ2n) is 4.32. The Bertz CT molecular complexity index is 839. The lowest BCUT2D eigenvalue weighted by Gasteiger charge is -2.01. The van der Waals surface area contributed by atoms with E-state index < -0.39 is 5.97 Å². The number of carboxylic acid groups (broad SMARTS) is 1. The molecule has 0 saturated carbocycles. The monoisotopic (exact) mass is 275 g/mol. The predicted molar refractivity (Wildman–Crippen MR) is 74.6 cm³/mol. The lowest BCUT2D eigenvalue weighted by molar-refractivity contribution is 0.0692. The number of nitrogens with zero attached hydrogens (tertiary/aromatic N) is 2. The van der Waals surface area contributed by atoms with Gasteiger partial charge in [0.2, 0.25) is 0 Å². The largest absolute Gasteiger partial charge is 0.476 e. The zero-order valence-electron chi connectivity index (χ0n) is 10.0. The SMILES string of the molecule is Cn1c2cc(Cl)ccc2c2cc(N)c(C(=O)O)nc21. The molecule has 0 atom stereocenters. The summed E-state index contributed by atoms with van der Waals surface area (Å²) < 4.78 is 1.81. The maximum atomic E-state index is 11.1. The van der Waals surface area contributed by atoms with Gasteiger partial charge in [-0.2, -0.15) is 0 Å². The van der Waals surface area contributed by atoms with Gasteiger partial charge in [0.05, 0.1) is 11.2 Å². The lowest BCUT2D eigenvalue weighted by Crippen LogP contribution is -2.06. The Morgan fingerprint density at radius 2 is 2.11 bits per heavy atom. The average Bonchev–Trinajstić information content (AvgIpc) is 2.61. The summed E-state index contributed by atoms with van der Waals surface area (Å²) in [6.45, 7) is 0. The van der Waals surface area contributed by atoms with Crippen LogP contribution in [0.15, 0.2) is 24.3 Å². The Balaban J connectivity index is 2.51. The number of hydrogen-bond donors (Lipinski definition) is 2. The molecule has 0 aliphatic carbocycles. The standard InChI is InChI=1S/C13H10ClN3O2/c1-17-10-4-6(14)2-3-7(10)8-5-9(15)11(13(18)19)16-12(8)17/h2-5H,15H2,1H3,(H,18,19). The number of carboxylic acids is 1. The van der Waals surface area contributed by atoms with Gasteiger partial charge in [0, 0.05) is 22.8 Å². The molecule has 96 valence electrons. The third-order valence-corrected chi connectivity index (χ3v) is 3.40. The van der Waals surface area contributed by atoms with Crippen molar-refractivity contribution in [3.8, 4) is 0 Å². The molecule has 0 aliphatic rings. The first-order valence-electron chi connectivity index (χ1n) is 5.56. The molecule has 3 N–H and O–H groups in total. The fourth-order valence-electron chi connectivity index (χ4n) is 2.27. The first-order chi connectivity index (χ1) is 8.99. The number of aromatic nitrogens is 2. The summed E-state index contributed by atoms with van der Waals surface area (Å²) in [5.74, 6) is -1.14. The molecule has 0 saturated heterocycles. The molecule has 0 amide bonds. The molecule has 3 rings (SSSR count). The van der Waals surface area contributed by atoms with Crippen LogP contribution in [0, 0.1) is 0 Å². The number of fused-ring (bicyclic) bond motifs is 3. The Morgan fingerprint density at radius 1 is 1.37 bits per heavy atom. The molecular weight excluding hydrogens is 266 g/mol. The molecule has 3 aromatic rings. The van der Waals surface area contributed by atoms with Gasteiger partial charge in [-0.15, -0.1) is 0 Å². The molecule has 6 heteroatoms. The van der Waals surface area contributed by atoms with Crippen LogP contribution in [0.25, 0.3) is 21.9 Å². The summed E-state index contributed by atoms with van der Waals surface area (Å²) in [7, 11) is 1.82. The van der Waals surface area contributed by atoms with Crippen LogP contribution in [-0.2, 0) is 7.05 Å². The van der Waals surface area contributed by atoms with Crippen LogP contribution in [0.2, 0.25) is 5.02 Å². The number of rotatable bonds is 1. The van der Waals surface area contributed by atoms with E-state index in [1.807, 2.05) is 23.7 Å². The van der Waals surface area contributed by atoms with E-state index in [0.717, 1.165) is 16.3 Å². The topological polar surface area (TPSA) is 81.1 Å². The van der Waals surface area contributed by atoms with Crippen LogP contribution < -0.4 is 5.73 Å². The summed E-state index contributed by atoms with van der Waals surface area (Å²) >= 11 is 5.98. The Kier molecular flexibility index (Phi) is 2.40. The van der Waals surface area contributed by atoms with Crippen molar-refractivity contribution < 1.29 is 9.90 Å². The summed E-state index contributed by atoms with van der Waals surface area (Å²) in [5, 5.41) is 11.4. The molecule has 5 nitrogen and oxygen atoms in total. The summed E-state index contributed by atoms with van der Waals surface area (Å²) in [4.78, 5) is 15.2. The van der Waals surface area contributed by atoms with E-state index in [2.05, 4.69) is 4.98 Å². The molecular formula is C13H10ClN3O2. The van der Waals surface area contributed by atoms with E-state index >= 15 is 0 Å². The number of nitrogens with two attached hydrogens (primary N) is 1. The minimum absolute atomic E-state index is 0.135. The van der Waals surface area contributed by atoms with Crippen molar-refractivity contribution in [2.75, 3.05) is 5.73 Å². The summed E-state index contributed by atoms with van der Waals surface area (Å²) in [6, 6.07) is 7.11. The third-order valence-electron chi connectivity index (χ3n) is 3.16. The highest BCUT2D eigenvalue weighted by molar-refractivity contribution is 6.31. The molecule has 2 aromatic heterocycles. The zero-order valence-corrected chi connectivity index (χ0v) is 10.8. The van der Waals surface area contributed by atoms with Gasteiger partial charge in [0.1, 0.15) is 5.65 Å². The van der Waals surface area contributed by atoms with Crippen molar-refractivity contribution in [1.82, 2.24) is 9.55 Å². The molecule has 0 fully saturated rings. The zero-order chi connectivity index (χ0) is 13.7. The quantitative estimate of drug-likeness (QED) is 0.715. The maximum absolute atomic E-state index is 11.1. The number of aryl methyl sites for hydroxylation is 1. The minimum atomic E-state index is -1.14. The van der Waals surface area contributed by atoms with Crippen LogP contribution in [0.4, 0.5) is 5.69 Å². The molecule has 0 spiro atoms. The minimum Gasteiger partial charge on any atom is -0.476 e. The van der Waals surface area contributed by atoms with E-state index in [4.69, 9.17) is 22.4 Å². The highest BCUT2D eigenvalue weighted by Gasteiger charge is 2.16. The van der Waals surface area contributed by atoms with Gasteiger partial charge >= 0.3 is 5.97 Å². The first kappa shape index (κ1) is 11.8. The Hall–Kier alpha value is -2.27. The van der Waals surface area contributed by atoms with E-state index in [-0.39, 0.29) is 11.4 Å². The number of nitrogen functional groups attached to an aromatic ring is 1. The fourth-order valence-corrected chi connectivity index (χ4v) is 2.43. The number of aromatic carboxylic acids is 1. The molecule has 0 radical (unpaired) electrons. The smallest absolute Gasteiger partial charge is 0.356 e. The van der Waals surface area contributed by atoms with Gasteiger partial charge in [-0.05, 0) is 18.2 Å². The lowest BCUT2D eigenvalue weighted by atomic mass is 10.1. The van der Waals surface area contributed by atoms with E-state index in [9.17, 15) is 4.79 Å². The average molecular weight is 276 g/mol. The summed E-state index contributed by atoms with van der Waals surface area (Å²) in [5.41, 5.74) is 7.22. The van der Waals surface area contributed by atoms with E-state index in [1.54, 1.807) is 12.1 Å². The number of benzene rings is 1. The molecule has 0 aliphatic heterocycles. The van der Waals surface area contributed by atoms with Gasteiger partial charge in [-0.25, -0.2) is 9.78 Å². The second-order valence-corrected chi connectivity index (χ2v) is 4.76. The van der Waals surface area contributed by atoms with Gasteiger partial charge in [-0.1, -0.05) is 17.7 Å². The van der Waals surface area contributed by atoms with Crippen molar-refractivity contribution in [2.24, 2.45) is 7.05 Å². The van der Waals surface area contributed by atoms with Crippen LogP contribution in [0.3, 0.4) is 0 Å². The Morgan fingerprint density at radius 3 is 2.79 bits per heavy atom. The van der Waals surface area contributed by atoms with Gasteiger partial charge < -0.3 is 15.4 Å². The fraction of sp³-hybridized carbons (Fsp3) is 0.0769. The van der Waals surface area contributed by atoms with Crippen LogP contribution >= 0.6 is 11.6 Å². The van der Waals surface area contributed by atoms with Crippen molar-refractivity contribution in [3.05, 3.63) is 35.0 Å². The van der Waals surface area contributed by atoms with Gasteiger partial charge in [0.25, 0.3) is 0 Å². The van der Waals surface area contributed by atoms with Crippen molar-refractivity contribution in [3.63, 3.8) is 0 Å². The van der Waals surface area contributed by atoms with Crippen LogP contribution in [-0.4, -0.2) is 20.6 Å². The van der Waals surface area contributed by atoms with E-state index in [1.165, 1.54) is 0 Å². The van der Waals surface area contributed by atoms with Gasteiger partial charge in [0.15, 0.2) is 5.69 Å². The normalized spacial score (nSPS) is 11.3. The number of anilines is 1. The number of pyridine rings is 1. The number of halogens is 1. The molecule has 1 aromatic carbocycles. The van der Waals surface area contributed by atoms with Crippen LogP contribution in [0.1, 0.15) is 10.5 Å². The highest BCUT2D eigenvalue weighted by atomic mass is 35.5. The van der Waals surface area contributed by atoms with Crippen molar-refractivity contribution in [1.29, 1.82) is 0 Å². The highest BCUT2D eigenvalue weighted by Crippen LogP contribution is 2.31. The van der Waals surface area contributed by atoms with E-state index in [0.29, 0.717) is 10.7 Å². The predicted octanol–water partition coefficient (Wildman–Crippen LogP) is 2.66. The molecule has 2 heterocycles. The molecule has 0 unspecified atom stereocenters.